The molecule has 0 aromatic heterocycles. The van der Waals surface area contributed by atoms with Crippen LogP contribution < -0.4 is 0 Å². The van der Waals surface area contributed by atoms with Crippen molar-refractivity contribution in [1.82, 2.24) is 0 Å². The zero-order chi connectivity index (χ0) is 11.4. The molecule has 1 aliphatic heterocycles. The lowest BCUT2D eigenvalue weighted by atomic mass is 10.2. The van der Waals surface area contributed by atoms with Gasteiger partial charge in [-0.05, 0) is 0 Å². The maximum absolute atomic E-state index is 11.8. The van der Waals surface area contributed by atoms with Crippen LogP contribution in [0.2, 0.25) is 0 Å². The molecule has 0 aromatic rings. The van der Waals surface area contributed by atoms with Crippen LogP contribution >= 0.6 is 0 Å². The minimum absolute atomic E-state index is 2.74. The second-order valence-corrected chi connectivity index (χ2v) is 3.34. The van der Waals surface area contributed by atoms with Gasteiger partial charge in [-0.1, -0.05) is 0 Å². The van der Waals surface area contributed by atoms with E-state index in [4.69, 9.17) is 0 Å². The van der Waals surface area contributed by atoms with Crippen molar-refractivity contribution in [3.63, 3.8) is 0 Å². The van der Waals surface area contributed by atoms with Gasteiger partial charge in [0.05, 0.1) is 0 Å². The second-order valence-electron chi connectivity index (χ2n) is 2.19. The van der Waals surface area contributed by atoms with E-state index in [0.29, 0.717) is 0 Å². The molecule has 0 aromatic carbocycles. The summed E-state index contributed by atoms with van der Waals surface area (Å²) in [4.78, 5) is 0. The highest BCUT2D eigenvalue weighted by molar-refractivity contribution is 7.82. The van der Waals surface area contributed by atoms with Crippen molar-refractivity contribution in [1.29, 1.82) is 0 Å². The Morgan fingerprint density at radius 3 is 1.21 bits per heavy atom. The van der Waals surface area contributed by atoms with E-state index >= 15 is 0 Å². The molecule has 0 N–H and O–H groups in total. The molecule has 4 nitrogen and oxygen atoms in total. The van der Waals surface area contributed by atoms with E-state index in [0.717, 1.165) is 0 Å². The Kier molecular flexibility index (Phi) is 2.07. The van der Waals surface area contributed by atoms with Crippen LogP contribution in [-0.2, 0) is 18.8 Å². The summed E-state index contributed by atoms with van der Waals surface area (Å²) in [5.74, 6) is -5.06. The Balaban J connectivity index is 3.11. The molecule has 1 saturated heterocycles. The largest absolute Gasteiger partial charge is 0.455 e. The summed E-state index contributed by atoms with van der Waals surface area (Å²) in [6, 6.07) is 0. The van der Waals surface area contributed by atoms with E-state index < -0.39 is 28.5 Å². The average Bonchev–Trinajstić information content (AvgIpc) is 1.75. The van der Waals surface area contributed by atoms with E-state index in [9.17, 15) is 34.8 Å². The van der Waals surface area contributed by atoms with E-state index in [1.165, 1.54) is 0 Å². The molecule has 14 heavy (non-hydrogen) atoms. The molecular weight excluding hydrogens is 246 g/mol. The van der Waals surface area contributed by atoms with Crippen LogP contribution in [0.1, 0.15) is 0 Å². The summed E-state index contributed by atoms with van der Waals surface area (Å²) in [6.07, 6.45) is -12.0. The van der Waals surface area contributed by atoms with Crippen molar-refractivity contribution in [3.8, 4) is 0 Å². The van der Waals surface area contributed by atoms with Crippen LogP contribution in [0, 0.1) is 0 Å². The average molecular weight is 246 g/mol. The number of alkyl halides is 6. The number of rotatable bonds is 0. The summed E-state index contributed by atoms with van der Waals surface area (Å²) < 4.78 is 96.0. The van der Waals surface area contributed by atoms with Crippen molar-refractivity contribution in [2.75, 3.05) is 0 Å². The highest BCUT2D eigenvalue weighted by Gasteiger charge is 2.83. The molecule has 1 fully saturated rings. The maximum atomic E-state index is 11.8. The first-order valence-electron chi connectivity index (χ1n) is 2.71. The van der Waals surface area contributed by atoms with E-state index in [1.54, 1.807) is 0 Å². The Morgan fingerprint density at radius 2 is 1.14 bits per heavy atom. The molecule has 84 valence electrons. The summed E-state index contributed by atoms with van der Waals surface area (Å²) in [5, 5.41) is 0. The van der Waals surface area contributed by atoms with Gasteiger partial charge in [-0.15, -0.1) is 0 Å². The summed E-state index contributed by atoms with van der Waals surface area (Å²) in [5.41, 5.74) is 0. The molecule has 0 amide bonds. The quantitative estimate of drug-likeness (QED) is 0.600. The Bertz CT molecular complexity index is 309. The molecule has 0 saturated carbocycles. The standard InChI is InChI=1S/C3F6O4S/c4-2(5,6)1(3(7,8)9)12-14(10,11)13-1. The first kappa shape index (κ1) is 11.5. The van der Waals surface area contributed by atoms with Crippen molar-refractivity contribution in [3.05, 3.63) is 0 Å². The minimum atomic E-state index is -6.02. The molecule has 0 spiro atoms. The van der Waals surface area contributed by atoms with Gasteiger partial charge in [0.15, 0.2) is 0 Å². The van der Waals surface area contributed by atoms with Crippen LogP contribution in [0.15, 0.2) is 0 Å². The van der Waals surface area contributed by atoms with Crippen LogP contribution in [0.4, 0.5) is 26.3 Å². The Hall–Kier alpha value is -0.550. The van der Waals surface area contributed by atoms with Gasteiger partial charge < -0.3 is 0 Å². The minimum Gasteiger partial charge on any atom is -0.192 e. The third-order valence-electron chi connectivity index (χ3n) is 1.19. The first-order valence-corrected chi connectivity index (χ1v) is 4.04. The van der Waals surface area contributed by atoms with Gasteiger partial charge >= 0.3 is 28.5 Å². The van der Waals surface area contributed by atoms with E-state index in [-0.39, 0.29) is 0 Å². The van der Waals surface area contributed by atoms with Gasteiger partial charge in [0.2, 0.25) is 0 Å². The fourth-order valence-electron chi connectivity index (χ4n) is 0.643. The van der Waals surface area contributed by atoms with Gasteiger partial charge in [-0.25, -0.2) is 0 Å². The van der Waals surface area contributed by atoms with E-state index in [1.807, 2.05) is 0 Å². The molecule has 0 bridgehead atoms. The SMILES string of the molecule is O=S1(=O)OC(C(F)(F)F)(C(F)(F)F)O1. The number of hydrogen-bond acceptors (Lipinski definition) is 4. The monoisotopic (exact) mass is 246 g/mol. The van der Waals surface area contributed by atoms with Crippen LogP contribution in [0.25, 0.3) is 0 Å². The molecule has 0 atom stereocenters. The molecule has 0 unspecified atom stereocenters. The van der Waals surface area contributed by atoms with Crippen molar-refractivity contribution in [2.24, 2.45) is 0 Å². The van der Waals surface area contributed by atoms with Crippen molar-refractivity contribution in [2.45, 2.75) is 18.1 Å². The summed E-state index contributed by atoms with van der Waals surface area (Å²) in [6.45, 7) is 0. The van der Waals surface area contributed by atoms with Gasteiger partial charge in [-0.3, -0.25) is 0 Å². The summed E-state index contributed by atoms with van der Waals surface area (Å²) >= 11 is 0. The molecule has 0 aliphatic carbocycles. The van der Waals surface area contributed by atoms with Crippen LogP contribution in [0.3, 0.4) is 0 Å². The second kappa shape index (κ2) is 2.52. The lowest BCUT2D eigenvalue weighted by molar-refractivity contribution is -0.451. The highest BCUT2D eigenvalue weighted by atomic mass is 32.3. The zero-order valence-corrected chi connectivity index (χ0v) is 6.63. The Labute approximate surface area is 72.7 Å². The third-order valence-corrected chi connectivity index (χ3v) is 2.06. The molecule has 1 rings (SSSR count). The van der Waals surface area contributed by atoms with Gasteiger partial charge in [-0.2, -0.15) is 43.1 Å². The lowest BCUT2D eigenvalue weighted by Crippen LogP contribution is -2.68. The lowest BCUT2D eigenvalue weighted by Gasteiger charge is -2.40. The maximum Gasteiger partial charge on any atom is 0.455 e. The Morgan fingerprint density at radius 1 is 0.857 bits per heavy atom. The molecule has 11 heteroatoms. The first-order chi connectivity index (χ1) is 5.91. The number of halogens is 6. The molecular formula is C3F6O4S. The predicted molar refractivity (Wildman–Crippen MR) is 25.9 cm³/mol. The molecule has 1 aliphatic rings. The number of hydrogen-bond donors (Lipinski definition) is 0. The van der Waals surface area contributed by atoms with Gasteiger partial charge in [0.25, 0.3) is 0 Å². The van der Waals surface area contributed by atoms with Gasteiger partial charge in [0, 0.05) is 0 Å². The highest BCUT2D eigenvalue weighted by Crippen LogP contribution is 2.53. The van der Waals surface area contributed by atoms with E-state index in [2.05, 4.69) is 8.37 Å². The van der Waals surface area contributed by atoms with Gasteiger partial charge in [0.1, 0.15) is 0 Å². The molecule has 1 heterocycles. The normalized spacial score (nSPS) is 25.6. The third kappa shape index (κ3) is 1.44. The van der Waals surface area contributed by atoms with Crippen molar-refractivity contribution < 1.29 is 43.1 Å². The topological polar surface area (TPSA) is 52.6 Å². The van der Waals surface area contributed by atoms with Crippen molar-refractivity contribution >= 4 is 10.4 Å². The fourth-order valence-corrected chi connectivity index (χ4v) is 1.61. The summed E-state index contributed by atoms with van der Waals surface area (Å²) in [7, 11) is -5.20. The van der Waals surface area contributed by atoms with Crippen LogP contribution in [-0.4, -0.2) is 26.6 Å². The smallest absolute Gasteiger partial charge is 0.192 e. The fraction of sp³-hybridized carbons (Fsp3) is 1.00. The predicted octanol–water partition coefficient (Wildman–Crippen LogP) is 1.10. The zero-order valence-electron chi connectivity index (χ0n) is 5.81. The van der Waals surface area contributed by atoms with Crippen LogP contribution in [0.5, 0.6) is 0 Å². The molecule has 0 radical (unpaired) electrons.